The van der Waals surface area contributed by atoms with Crippen molar-refractivity contribution in [2.24, 2.45) is 0 Å². The van der Waals surface area contributed by atoms with Gasteiger partial charge in [-0.1, -0.05) is 99.6 Å². The van der Waals surface area contributed by atoms with E-state index in [1.54, 1.807) is 0 Å². The topological polar surface area (TPSA) is 9.23 Å². The molecule has 1 aromatic rings. The highest BCUT2D eigenvalue weighted by molar-refractivity contribution is 6.81. The van der Waals surface area contributed by atoms with Gasteiger partial charge in [0.2, 0.25) is 0 Å². The summed E-state index contributed by atoms with van der Waals surface area (Å²) in [4.78, 5) is 0. The highest BCUT2D eigenvalue weighted by atomic mass is 28.3. The van der Waals surface area contributed by atoms with Crippen LogP contribution in [0.1, 0.15) is 51.0 Å². The molecule has 0 atom stereocenters. The summed E-state index contributed by atoms with van der Waals surface area (Å²) in [7, 11) is -1.15. The van der Waals surface area contributed by atoms with Gasteiger partial charge < -0.3 is 4.74 Å². The molecular formula is C22H36OSi. The fourth-order valence-corrected chi connectivity index (χ4v) is 4.02. The molecule has 24 heavy (non-hydrogen) atoms. The van der Waals surface area contributed by atoms with E-state index in [1.807, 2.05) is 6.07 Å². The van der Waals surface area contributed by atoms with E-state index in [4.69, 9.17) is 4.74 Å². The number of hydrogen-bond acceptors (Lipinski definition) is 1. The lowest BCUT2D eigenvalue weighted by Crippen LogP contribution is -2.16. The minimum atomic E-state index is -1.15. The van der Waals surface area contributed by atoms with Crippen LogP contribution in [0.15, 0.2) is 53.8 Å². The van der Waals surface area contributed by atoms with E-state index in [-0.39, 0.29) is 0 Å². The van der Waals surface area contributed by atoms with Crippen LogP contribution < -0.4 is 0 Å². The molecule has 0 unspecified atom stereocenters. The zero-order valence-corrected chi connectivity index (χ0v) is 17.2. The summed E-state index contributed by atoms with van der Waals surface area (Å²) in [6, 6.07) is 10.4. The van der Waals surface area contributed by atoms with Gasteiger partial charge in [-0.15, -0.1) is 0 Å². The maximum atomic E-state index is 5.75. The highest BCUT2D eigenvalue weighted by Gasteiger charge is 2.09. The second-order valence-corrected chi connectivity index (χ2v) is 12.6. The Kier molecular flexibility index (Phi) is 10.7. The summed E-state index contributed by atoms with van der Waals surface area (Å²) >= 11 is 0. The van der Waals surface area contributed by atoms with E-state index < -0.39 is 8.07 Å². The molecule has 0 aliphatic heterocycles. The lowest BCUT2D eigenvalue weighted by Gasteiger charge is -2.12. The molecule has 1 aromatic carbocycles. The molecule has 0 spiro atoms. The van der Waals surface area contributed by atoms with Gasteiger partial charge in [0, 0.05) is 0 Å². The van der Waals surface area contributed by atoms with Gasteiger partial charge in [-0.05, 0) is 24.8 Å². The van der Waals surface area contributed by atoms with Crippen molar-refractivity contribution in [1.82, 2.24) is 0 Å². The third-order valence-electron chi connectivity index (χ3n) is 3.81. The molecule has 0 fully saturated rings. The Morgan fingerprint density at radius 3 is 2.46 bits per heavy atom. The molecule has 1 nitrogen and oxygen atoms in total. The van der Waals surface area contributed by atoms with Gasteiger partial charge in [-0.2, -0.15) is 0 Å². The average Bonchev–Trinajstić information content (AvgIpc) is 2.54. The van der Waals surface area contributed by atoms with E-state index in [9.17, 15) is 0 Å². The van der Waals surface area contributed by atoms with Gasteiger partial charge in [-0.25, -0.2) is 0 Å². The molecule has 0 heterocycles. The fraction of sp³-hybridized carbons (Fsp3) is 0.545. The smallest absolute Gasteiger partial charge is 0.0717 e. The summed E-state index contributed by atoms with van der Waals surface area (Å²) in [6.07, 6.45) is 12.2. The van der Waals surface area contributed by atoms with Gasteiger partial charge in [0.05, 0.1) is 21.3 Å². The van der Waals surface area contributed by atoms with Crippen molar-refractivity contribution in [3.8, 4) is 0 Å². The standard InChI is InChI=1S/C22H36OSi/c1-5-6-7-9-16-22(20-24(2,3)4)17-12-13-18-23-19-21-14-10-8-11-15-21/h8,10-12,14-15,17,20H,5-7,9,13,16,18-19H2,1-4H3/b17-12+,22-20+. The number of benzene rings is 1. The second-order valence-electron chi connectivity index (χ2n) is 7.63. The van der Waals surface area contributed by atoms with Crippen LogP contribution in [0.4, 0.5) is 0 Å². The van der Waals surface area contributed by atoms with Gasteiger partial charge in [0.15, 0.2) is 0 Å². The Bertz CT molecular complexity index is 482. The summed E-state index contributed by atoms with van der Waals surface area (Å²) in [5.41, 5.74) is 5.34. The molecule has 0 saturated heterocycles. The SMILES string of the molecule is CCCCCCC(/C=C/CCOCc1ccccc1)=C\[Si](C)(C)C. The maximum Gasteiger partial charge on any atom is 0.0717 e. The Morgan fingerprint density at radius 1 is 1.04 bits per heavy atom. The number of allylic oxidation sites excluding steroid dienone is 2. The Morgan fingerprint density at radius 2 is 1.79 bits per heavy atom. The first-order valence-electron chi connectivity index (χ1n) is 9.51. The van der Waals surface area contributed by atoms with Crippen molar-refractivity contribution < 1.29 is 4.74 Å². The first kappa shape index (κ1) is 20.9. The number of rotatable bonds is 12. The van der Waals surface area contributed by atoms with Gasteiger partial charge in [0.1, 0.15) is 0 Å². The molecule has 0 aliphatic carbocycles. The quantitative estimate of drug-likeness (QED) is 0.227. The first-order valence-corrected chi connectivity index (χ1v) is 13.1. The predicted octanol–water partition coefficient (Wildman–Crippen LogP) is 6.92. The third-order valence-corrected chi connectivity index (χ3v) is 5.05. The third kappa shape index (κ3) is 11.4. The molecule has 134 valence electrons. The van der Waals surface area contributed by atoms with E-state index >= 15 is 0 Å². The molecule has 0 bridgehead atoms. The van der Waals surface area contributed by atoms with Crippen molar-refractivity contribution in [3.63, 3.8) is 0 Å². The monoisotopic (exact) mass is 344 g/mol. The lowest BCUT2D eigenvalue weighted by atomic mass is 10.1. The molecule has 0 aromatic heterocycles. The molecule has 0 N–H and O–H groups in total. The normalized spacial score (nSPS) is 12.9. The maximum absolute atomic E-state index is 5.75. The van der Waals surface area contributed by atoms with Crippen molar-refractivity contribution in [2.45, 2.75) is 71.7 Å². The molecule has 0 amide bonds. The van der Waals surface area contributed by atoms with Crippen LogP contribution in [-0.2, 0) is 11.3 Å². The number of ether oxygens (including phenoxy) is 1. The van der Waals surface area contributed by atoms with Crippen LogP contribution in [0.2, 0.25) is 19.6 Å². The zero-order chi connectivity index (χ0) is 17.7. The Balaban J connectivity index is 2.33. The first-order chi connectivity index (χ1) is 11.5. The van der Waals surface area contributed by atoms with E-state index in [2.05, 4.69) is 68.7 Å². The number of hydrogen-bond donors (Lipinski definition) is 0. The van der Waals surface area contributed by atoms with Crippen LogP contribution in [0.5, 0.6) is 0 Å². The molecule has 1 rings (SSSR count). The molecule has 0 saturated carbocycles. The van der Waals surface area contributed by atoms with Crippen LogP contribution >= 0.6 is 0 Å². The molecule has 2 heteroatoms. The van der Waals surface area contributed by atoms with E-state index in [0.717, 1.165) is 13.0 Å². The minimum absolute atomic E-state index is 0.712. The van der Waals surface area contributed by atoms with Crippen LogP contribution in [0.25, 0.3) is 0 Å². The molecule has 0 aliphatic rings. The van der Waals surface area contributed by atoms with Gasteiger partial charge in [-0.3, -0.25) is 0 Å². The van der Waals surface area contributed by atoms with Gasteiger partial charge >= 0.3 is 0 Å². The van der Waals surface area contributed by atoms with Crippen LogP contribution in [0.3, 0.4) is 0 Å². The van der Waals surface area contributed by atoms with Crippen LogP contribution in [-0.4, -0.2) is 14.7 Å². The number of unbranched alkanes of at least 4 members (excludes halogenated alkanes) is 3. The van der Waals surface area contributed by atoms with Crippen molar-refractivity contribution in [3.05, 3.63) is 59.3 Å². The van der Waals surface area contributed by atoms with Gasteiger partial charge in [0.25, 0.3) is 0 Å². The second kappa shape index (κ2) is 12.3. The van der Waals surface area contributed by atoms with Crippen molar-refractivity contribution >= 4 is 8.07 Å². The average molecular weight is 345 g/mol. The van der Waals surface area contributed by atoms with Crippen molar-refractivity contribution in [2.75, 3.05) is 6.61 Å². The van der Waals surface area contributed by atoms with Crippen LogP contribution in [0, 0.1) is 0 Å². The minimum Gasteiger partial charge on any atom is -0.376 e. The van der Waals surface area contributed by atoms with E-state index in [0.29, 0.717) is 6.61 Å². The van der Waals surface area contributed by atoms with Crippen molar-refractivity contribution in [1.29, 1.82) is 0 Å². The lowest BCUT2D eigenvalue weighted by molar-refractivity contribution is 0.125. The summed E-state index contributed by atoms with van der Waals surface area (Å²) in [5, 5.41) is 0. The highest BCUT2D eigenvalue weighted by Crippen LogP contribution is 2.16. The van der Waals surface area contributed by atoms with E-state index in [1.165, 1.54) is 43.2 Å². The fourth-order valence-electron chi connectivity index (χ4n) is 2.67. The molecule has 0 radical (unpaired) electrons. The summed E-state index contributed by atoms with van der Waals surface area (Å²) < 4.78 is 5.75. The molecular weight excluding hydrogens is 308 g/mol. The Hall–Kier alpha value is -1.12. The summed E-state index contributed by atoms with van der Waals surface area (Å²) in [6.45, 7) is 11.0. The summed E-state index contributed by atoms with van der Waals surface area (Å²) in [5.74, 6) is 0. The largest absolute Gasteiger partial charge is 0.376 e. The predicted molar refractivity (Wildman–Crippen MR) is 110 cm³/mol. The zero-order valence-electron chi connectivity index (χ0n) is 16.2. The Labute approximate surface area is 150 Å².